The Hall–Kier alpha value is -3.39. The number of pyridine rings is 1. The first kappa shape index (κ1) is 18.0. The number of amides is 1. The van der Waals surface area contributed by atoms with Crippen LogP contribution >= 0.6 is 0 Å². The van der Waals surface area contributed by atoms with Crippen molar-refractivity contribution in [1.82, 2.24) is 14.9 Å². The zero-order valence-electron chi connectivity index (χ0n) is 15.5. The van der Waals surface area contributed by atoms with Crippen LogP contribution in [0.5, 0.6) is 0 Å². The van der Waals surface area contributed by atoms with E-state index in [1.165, 1.54) is 0 Å². The minimum absolute atomic E-state index is 0.167. The van der Waals surface area contributed by atoms with Gasteiger partial charge in [-0.1, -0.05) is 24.1 Å². The summed E-state index contributed by atoms with van der Waals surface area (Å²) in [5.41, 5.74) is 2.83. The van der Waals surface area contributed by atoms with E-state index in [2.05, 4.69) is 21.8 Å². The van der Waals surface area contributed by atoms with Crippen molar-refractivity contribution in [3.05, 3.63) is 66.0 Å². The molecule has 5 heteroatoms. The minimum Gasteiger partial charge on any atom is -0.346 e. The van der Waals surface area contributed by atoms with E-state index in [9.17, 15) is 9.59 Å². The number of rotatable bonds is 5. The average molecular weight is 371 g/mol. The Kier molecular flexibility index (Phi) is 5.20. The van der Waals surface area contributed by atoms with Gasteiger partial charge in [0.2, 0.25) is 0 Å². The summed E-state index contributed by atoms with van der Waals surface area (Å²) in [4.78, 5) is 33.5. The fraction of sp³-hybridized carbons (Fsp3) is 0.261. The van der Waals surface area contributed by atoms with E-state index in [0.29, 0.717) is 32.4 Å². The predicted molar refractivity (Wildman–Crippen MR) is 107 cm³/mol. The van der Waals surface area contributed by atoms with Gasteiger partial charge in [-0.3, -0.25) is 9.59 Å². The fourth-order valence-corrected chi connectivity index (χ4v) is 3.53. The molecule has 0 aliphatic carbocycles. The topological polar surface area (TPSA) is 66.1 Å². The molecule has 0 unspecified atom stereocenters. The van der Waals surface area contributed by atoms with Crippen molar-refractivity contribution in [3.8, 4) is 11.8 Å². The molecule has 1 aliphatic rings. The highest BCUT2D eigenvalue weighted by Crippen LogP contribution is 2.22. The number of carbonyl (C=O) groups excluding carboxylic acids is 2. The van der Waals surface area contributed by atoms with E-state index in [1.54, 1.807) is 11.1 Å². The van der Waals surface area contributed by atoms with Gasteiger partial charge in [-0.25, -0.2) is 4.98 Å². The normalized spacial score (nSPS) is 13.6. The molecular weight excluding hydrogens is 350 g/mol. The Balaban J connectivity index is 1.22. The van der Waals surface area contributed by atoms with Crippen LogP contribution in [0.1, 0.15) is 24.0 Å². The predicted octanol–water partition coefficient (Wildman–Crippen LogP) is 2.96. The second-order valence-electron chi connectivity index (χ2n) is 7.15. The van der Waals surface area contributed by atoms with Gasteiger partial charge in [-0.15, -0.1) is 0 Å². The van der Waals surface area contributed by atoms with Gasteiger partial charge in [0.25, 0.3) is 5.91 Å². The first-order valence-corrected chi connectivity index (χ1v) is 9.47. The quantitative estimate of drug-likeness (QED) is 0.701. The molecule has 28 heavy (non-hydrogen) atoms. The summed E-state index contributed by atoms with van der Waals surface area (Å²) in [5.74, 6) is 5.89. The third-order valence-corrected chi connectivity index (χ3v) is 5.07. The van der Waals surface area contributed by atoms with Gasteiger partial charge in [0.15, 0.2) is 0 Å². The van der Waals surface area contributed by atoms with E-state index >= 15 is 0 Å². The van der Waals surface area contributed by atoms with Gasteiger partial charge in [-0.2, -0.15) is 0 Å². The lowest BCUT2D eigenvalue weighted by Crippen LogP contribution is -2.50. The molecule has 0 bridgehead atoms. The van der Waals surface area contributed by atoms with Crippen LogP contribution in [0.2, 0.25) is 0 Å². The van der Waals surface area contributed by atoms with Gasteiger partial charge in [0.1, 0.15) is 11.4 Å². The Morgan fingerprint density at radius 1 is 1.14 bits per heavy atom. The zero-order valence-corrected chi connectivity index (χ0v) is 15.5. The molecule has 1 aliphatic heterocycles. The lowest BCUT2D eigenvalue weighted by Gasteiger charge is -2.37. The van der Waals surface area contributed by atoms with Crippen molar-refractivity contribution in [1.29, 1.82) is 0 Å². The molecule has 0 atom stereocenters. The van der Waals surface area contributed by atoms with Crippen molar-refractivity contribution in [2.45, 2.75) is 19.3 Å². The highest BCUT2D eigenvalue weighted by atomic mass is 16.2. The smallest absolute Gasteiger partial charge is 0.298 e. The number of aromatic nitrogens is 2. The summed E-state index contributed by atoms with van der Waals surface area (Å²) >= 11 is 0. The maximum absolute atomic E-state index is 12.3. The molecule has 3 heterocycles. The number of Topliss-reactive ketones (excluding diaryl/α,β-unsaturated/α-hetero) is 1. The highest BCUT2D eigenvalue weighted by molar-refractivity contribution is 5.94. The molecule has 5 nitrogen and oxygen atoms in total. The Morgan fingerprint density at radius 3 is 2.79 bits per heavy atom. The van der Waals surface area contributed by atoms with Crippen LogP contribution in [0.4, 0.5) is 0 Å². The number of aromatic amines is 1. The zero-order chi connectivity index (χ0) is 19.3. The first-order chi connectivity index (χ1) is 13.7. The number of nitrogens with zero attached hydrogens (tertiary/aromatic N) is 2. The van der Waals surface area contributed by atoms with Gasteiger partial charge in [0, 0.05) is 61.1 Å². The molecular formula is C23H21N3O2. The summed E-state index contributed by atoms with van der Waals surface area (Å²) in [6.45, 7) is 1.23. The summed E-state index contributed by atoms with van der Waals surface area (Å²) in [6.07, 6.45) is 5.39. The highest BCUT2D eigenvalue weighted by Gasteiger charge is 2.31. The second-order valence-corrected chi connectivity index (χ2v) is 7.15. The number of hydrogen-bond donors (Lipinski definition) is 1. The Morgan fingerprint density at radius 2 is 1.96 bits per heavy atom. The van der Waals surface area contributed by atoms with E-state index in [4.69, 9.17) is 0 Å². The van der Waals surface area contributed by atoms with Gasteiger partial charge >= 0.3 is 0 Å². The molecule has 4 rings (SSSR count). The van der Waals surface area contributed by atoms with Crippen LogP contribution in [0.3, 0.4) is 0 Å². The molecule has 1 fully saturated rings. The Labute approximate surface area is 163 Å². The SMILES string of the molecule is O=C(CCc1ccnc2[nH]ccc12)CC1CN(C(=O)C#Cc2ccccc2)C1. The number of hydrogen-bond acceptors (Lipinski definition) is 3. The van der Waals surface area contributed by atoms with Crippen molar-refractivity contribution < 1.29 is 9.59 Å². The molecule has 2 aromatic heterocycles. The molecule has 140 valence electrons. The maximum Gasteiger partial charge on any atom is 0.298 e. The monoisotopic (exact) mass is 371 g/mol. The third-order valence-electron chi connectivity index (χ3n) is 5.07. The van der Waals surface area contributed by atoms with Crippen LogP contribution in [-0.4, -0.2) is 39.6 Å². The summed E-state index contributed by atoms with van der Waals surface area (Å²) < 4.78 is 0. The number of carbonyl (C=O) groups is 2. The number of H-pyrrole nitrogens is 1. The Bertz CT molecular complexity index is 1050. The largest absolute Gasteiger partial charge is 0.346 e. The van der Waals surface area contributed by atoms with Crippen molar-refractivity contribution in [2.75, 3.05) is 13.1 Å². The van der Waals surface area contributed by atoms with Gasteiger partial charge < -0.3 is 9.88 Å². The van der Waals surface area contributed by atoms with Gasteiger partial charge in [-0.05, 0) is 36.2 Å². The summed E-state index contributed by atoms with van der Waals surface area (Å²) in [7, 11) is 0. The molecule has 1 saturated heterocycles. The number of ketones is 1. The number of aryl methyl sites for hydroxylation is 1. The fourth-order valence-electron chi connectivity index (χ4n) is 3.53. The van der Waals surface area contributed by atoms with Gasteiger partial charge in [0.05, 0.1) is 0 Å². The van der Waals surface area contributed by atoms with Crippen LogP contribution in [0.15, 0.2) is 54.9 Å². The van der Waals surface area contributed by atoms with E-state index in [-0.39, 0.29) is 17.6 Å². The lowest BCUT2D eigenvalue weighted by atomic mass is 9.92. The third kappa shape index (κ3) is 4.12. The molecule has 1 amide bonds. The number of benzene rings is 1. The number of likely N-dealkylation sites (tertiary alicyclic amines) is 1. The number of nitrogens with one attached hydrogen (secondary N) is 1. The van der Waals surface area contributed by atoms with Crippen molar-refractivity contribution in [2.24, 2.45) is 5.92 Å². The molecule has 3 aromatic rings. The molecule has 0 spiro atoms. The van der Waals surface area contributed by atoms with Crippen LogP contribution in [0, 0.1) is 17.8 Å². The van der Waals surface area contributed by atoms with Crippen LogP contribution < -0.4 is 0 Å². The molecule has 0 saturated carbocycles. The summed E-state index contributed by atoms with van der Waals surface area (Å²) in [5, 5.41) is 1.08. The lowest BCUT2D eigenvalue weighted by molar-refractivity contribution is -0.133. The van der Waals surface area contributed by atoms with Crippen LogP contribution in [0.25, 0.3) is 11.0 Å². The van der Waals surface area contributed by atoms with Crippen molar-refractivity contribution in [3.63, 3.8) is 0 Å². The summed E-state index contributed by atoms with van der Waals surface area (Å²) in [6, 6.07) is 13.4. The number of fused-ring (bicyclic) bond motifs is 1. The first-order valence-electron chi connectivity index (χ1n) is 9.47. The van der Waals surface area contributed by atoms with E-state index < -0.39 is 0 Å². The average Bonchev–Trinajstić information content (AvgIpc) is 3.17. The maximum atomic E-state index is 12.3. The van der Waals surface area contributed by atoms with E-state index in [1.807, 2.05) is 48.7 Å². The second kappa shape index (κ2) is 8.10. The standard InChI is InChI=1S/C23H21N3O2/c27-20(8-7-19-10-12-24-23-21(19)11-13-25-23)14-18-15-26(16-18)22(28)9-6-17-4-2-1-3-5-17/h1-5,10-13,18H,7-8,14-16H2,(H,24,25). The minimum atomic E-state index is -0.167. The van der Waals surface area contributed by atoms with E-state index in [0.717, 1.165) is 22.2 Å². The van der Waals surface area contributed by atoms with Crippen molar-refractivity contribution >= 4 is 22.7 Å². The molecule has 1 N–H and O–H groups in total. The van der Waals surface area contributed by atoms with Crippen LogP contribution in [-0.2, 0) is 16.0 Å². The molecule has 0 radical (unpaired) electrons. The molecule has 1 aromatic carbocycles.